The van der Waals surface area contributed by atoms with Crippen molar-refractivity contribution in [3.63, 3.8) is 0 Å². The predicted molar refractivity (Wildman–Crippen MR) is 135 cm³/mol. The highest BCUT2D eigenvalue weighted by atomic mass is 16.6. The number of H-pyrrole nitrogens is 1. The molecule has 11 heteroatoms. The van der Waals surface area contributed by atoms with Gasteiger partial charge in [-0.15, -0.1) is 5.10 Å². The minimum absolute atomic E-state index is 0.356. The van der Waals surface area contributed by atoms with E-state index in [0.29, 0.717) is 37.5 Å². The molecule has 1 aliphatic rings. The molecule has 0 unspecified atom stereocenters. The lowest BCUT2D eigenvalue weighted by molar-refractivity contribution is 0.0402. The molecule has 1 amide bonds. The lowest BCUT2D eigenvalue weighted by Crippen LogP contribution is -2.55. The van der Waals surface area contributed by atoms with Gasteiger partial charge in [-0.1, -0.05) is 0 Å². The summed E-state index contributed by atoms with van der Waals surface area (Å²) in [6.07, 6.45) is 4.76. The standard InChI is InChI=1S/C25H31N7O4/c1-5-35-16-10-17(22-18-12-27-29-23(18)30-32(22)13-16)15-6-7-21(26-11-15)31-9-8-19(20(33)14-31)28-24(34)36-25(2,3)4/h6-7,10-13,19-20,33H,5,8-9,14H2,1-4H3,(H,28,34)(H,29,30)/t19-,20-/m0/s1. The van der Waals surface area contributed by atoms with Crippen molar-refractivity contribution < 1.29 is 19.4 Å². The molecule has 0 bridgehead atoms. The second-order valence-electron chi connectivity index (χ2n) is 9.91. The van der Waals surface area contributed by atoms with Gasteiger partial charge in [0.25, 0.3) is 0 Å². The van der Waals surface area contributed by atoms with Gasteiger partial charge in [0.05, 0.1) is 42.0 Å². The zero-order valence-corrected chi connectivity index (χ0v) is 20.9. The Morgan fingerprint density at radius 3 is 2.83 bits per heavy atom. The highest BCUT2D eigenvalue weighted by molar-refractivity contribution is 6.00. The third kappa shape index (κ3) is 4.78. The number of aromatic amines is 1. The highest BCUT2D eigenvalue weighted by Gasteiger charge is 2.31. The van der Waals surface area contributed by atoms with Gasteiger partial charge in [-0.2, -0.15) is 5.10 Å². The first-order chi connectivity index (χ1) is 17.2. The summed E-state index contributed by atoms with van der Waals surface area (Å²) in [5.41, 5.74) is 2.88. The topological polar surface area (TPSA) is 130 Å². The third-order valence-electron chi connectivity index (χ3n) is 6.08. The van der Waals surface area contributed by atoms with Crippen molar-refractivity contribution in [2.45, 2.75) is 51.9 Å². The van der Waals surface area contributed by atoms with E-state index in [1.54, 1.807) is 10.7 Å². The molecule has 1 saturated heterocycles. The second-order valence-corrected chi connectivity index (χ2v) is 9.91. The van der Waals surface area contributed by atoms with Gasteiger partial charge in [0, 0.05) is 30.4 Å². The number of aliphatic hydroxyl groups is 1. The zero-order chi connectivity index (χ0) is 25.4. The van der Waals surface area contributed by atoms with Gasteiger partial charge in [-0.25, -0.2) is 14.3 Å². The molecule has 0 radical (unpaired) electrons. The van der Waals surface area contributed by atoms with Gasteiger partial charge in [0.2, 0.25) is 0 Å². The quantitative estimate of drug-likeness (QED) is 0.387. The molecular weight excluding hydrogens is 462 g/mol. The van der Waals surface area contributed by atoms with Crippen LogP contribution in [0.4, 0.5) is 10.6 Å². The van der Waals surface area contributed by atoms with Crippen LogP contribution in [0.3, 0.4) is 0 Å². The Bertz CT molecular complexity index is 1370. The van der Waals surface area contributed by atoms with Crippen molar-refractivity contribution in [2.24, 2.45) is 0 Å². The van der Waals surface area contributed by atoms with Crippen LogP contribution in [0.15, 0.2) is 36.8 Å². The zero-order valence-electron chi connectivity index (χ0n) is 20.9. The Labute approximate surface area is 208 Å². The Balaban J connectivity index is 1.35. The normalized spacial score (nSPS) is 18.5. The first kappa shape index (κ1) is 23.9. The number of alkyl carbamates (subject to hydrolysis) is 1. The molecule has 190 valence electrons. The van der Waals surface area contributed by atoms with Crippen LogP contribution in [0.5, 0.6) is 5.75 Å². The van der Waals surface area contributed by atoms with Crippen molar-refractivity contribution in [1.82, 2.24) is 30.1 Å². The molecular formula is C25H31N7O4. The van der Waals surface area contributed by atoms with Gasteiger partial charge < -0.3 is 24.8 Å². The van der Waals surface area contributed by atoms with Crippen LogP contribution in [0, 0.1) is 0 Å². The SMILES string of the molecule is CCOc1cc(-c2ccc(N3CC[C@H](NC(=O)OC(C)(C)C)[C@@H](O)C3)nc2)c2c3cn[nH]c3nn2c1. The fourth-order valence-corrected chi connectivity index (χ4v) is 4.51. The number of fused-ring (bicyclic) bond motifs is 3. The number of carbonyl (C=O) groups excluding carboxylic acids is 1. The average Bonchev–Trinajstić information content (AvgIpc) is 3.40. The summed E-state index contributed by atoms with van der Waals surface area (Å²) < 4.78 is 12.9. The van der Waals surface area contributed by atoms with Crippen molar-refractivity contribution in [3.05, 3.63) is 36.8 Å². The molecule has 2 atom stereocenters. The first-order valence-corrected chi connectivity index (χ1v) is 12.1. The highest BCUT2D eigenvalue weighted by Crippen LogP contribution is 2.33. The first-order valence-electron chi connectivity index (χ1n) is 12.1. The lowest BCUT2D eigenvalue weighted by atomic mass is 10.0. The number of carbonyl (C=O) groups is 1. The van der Waals surface area contributed by atoms with Crippen molar-refractivity contribution in [2.75, 3.05) is 24.6 Å². The van der Waals surface area contributed by atoms with Gasteiger partial charge in [0.1, 0.15) is 17.2 Å². The molecule has 0 saturated carbocycles. The average molecular weight is 494 g/mol. The molecule has 0 aromatic carbocycles. The van der Waals surface area contributed by atoms with E-state index in [0.717, 1.165) is 27.8 Å². The molecule has 0 aliphatic carbocycles. The molecule has 1 aliphatic heterocycles. The number of pyridine rings is 2. The molecule has 11 nitrogen and oxygen atoms in total. The summed E-state index contributed by atoms with van der Waals surface area (Å²) >= 11 is 0. The fourth-order valence-electron chi connectivity index (χ4n) is 4.51. The summed E-state index contributed by atoms with van der Waals surface area (Å²) in [4.78, 5) is 18.8. The summed E-state index contributed by atoms with van der Waals surface area (Å²) in [6, 6.07) is 5.56. The number of aliphatic hydroxyl groups excluding tert-OH is 1. The maximum atomic E-state index is 12.1. The van der Waals surface area contributed by atoms with Crippen LogP contribution in [0.2, 0.25) is 0 Å². The van der Waals surface area contributed by atoms with Gasteiger partial charge in [-0.05, 0) is 52.3 Å². The van der Waals surface area contributed by atoms with E-state index in [1.807, 2.05) is 63.2 Å². The van der Waals surface area contributed by atoms with Crippen LogP contribution in [0.25, 0.3) is 27.7 Å². The Kier molecular flexibility index (Phi) is 6.17. The number of nitrogens with zero attached hydrogens (tertiary/aromatic N) is 5. The van der Waals surface area contributed by atoms with Gasteiger partial charge >= 0.3 is 6.09 Å². The number of amides is 1. The molecule has 3 N–H and O–H groups in total. The second kappa shape index (κ2) is 9.30. The Hall–Kier alpha value is -3.86. The summed E-state index contributed by atoms with van der Waals surface area (Å²) in [7, 11) is 0. The summed E-state index contributed by atoms with van der Waals surface area (Å²) in [5, 5.41) is 26.0. The molecule has 5 heterocycles. The van der Waals surface area contributed by atoms with Crippen molar-refractivity contribution in [3.8, 4) is 16.9 Å². The number of anilines is 1. The number of aromatic nitrogens is 5. The predicted octanol–water partition coefficient (Wildman–Crippen LogP) is 3.14. The molecule has 4 aromatic rings. The minimum Gasteiger partial charge on any atom is -0.492 e. The van der Waals surface area contributed by atoms with E-state index in [1.165, 1.54) is 0 Å². The van der Waals surface area contributed by atoms with E-state index in [9.17, 15) is 9.90 Å². The smallest absolute Gasteiger partial charge is 0.407 e. The van der Waals surface area contributed by atoms with Crippen LogP contribution in [-0.4, -0.2) is 73.4 Å². The van der Waals surface area contributed by atoms with Crippen molar-refractivity contribution >= 4 is 28.5 Å². The van der Waals surface area contributed by atoms with E-state index >= 15 is 0 Å². The summed E-state index contributed by atoms with van der Waals surface area (Å²) in [6.45, 7) is 8.92. The number of nitrogens with one attached hydrogen (secondary N) is 2. The van der Waals surface area contributed by atoms with E-state index in [4.69, 9.17) is 14.5 Å². The van der Waals surface area contributed by atoms with Crippen LogP contribution >= 0.6 is 0 Å². The number of rotatable bonds is 5. The maximum absolute atomic E-state index is 12.1. The van der Waals surface area contributed by atoms with Crippen LogP contribution < -0.4 is 15.0 Å². The van der Waals surface area contributed by atoms with E-state index in [2.05, 4.69) is 20.6 Å². The lowest BCUT2D eigenvalue weighted by Gasteiger charge is -2.37. The van der Waals surface area contributed by atoms with E-state index in [-0.39, 0.29) is 6.04 Å². The maximum Gasteiger partial charge on any atom is 0.407 e. The number of hydrogen-bond donors (Lipinski definition) is 3. The largest absolute Gasteiger partial charge is 0.492 e. The molecule has 5 rings (SSSR count). The van der Waals surface area contributed by atoms with E-state index < -0.39 is 17.8 Å². The third-order valence-corrected chi connectivity index (χ3v) is 6.08. The Morgan fingerprint density at radius 2 is 2.14 bits per heavy atom. The number of piperidine rings is 1. The number of hydrogen-bond acceptors (Lipinski definition) is 8. The molecule has 0 spiro atoms. The number of β-amino-alcohol motifs (C(OH)–C–C–N with tert-alkyl or cyclic N) is 1. The fraction of sp³-hybridized carbons (Fsp3) is 0.440. The van der Waals surface area contributed by atoms with Crippen LogP contribution in [-0.2, 0) is 4.74 Å². The van der Waals surface area contributed by atoms with Gasteiger partial charge in [0.15, 0.2) is 5.65 Å². The monoisotopic (exact) mass is 493 g/mol. The summed E-state index contributed by atoms with van der Waals surface area (Å²) in [5.74, 6) is 1.47. The number of ether oxygens (including phenoxy) is 2. The Morgan fingerprint density at radius 1 is 1.31 bits per heavy atom. The molecule has 36 heavy (non-hydrogen) atoms. The molecule has 4 aromatic heterocycles. The van der Waals surface area contributed by atoms with Crippen molar-refractivity contribution in [1.29, 1.82) is 0 Å². The molecule has 1 fully saturated rings. The minimum atomic E-state index is -0.739. The van der Waals surface area contributed by atoms with Crippen LogP contribution in [0.1, 0.15) is 34.1 Å². The van der Waals surface area contributed by atoms with Gasteiger partial charge in [-0.3, -0.25) is 5.10 Å².